The van der Waals surface area contributed by atoms with Crippen LogP contribution in [-0.2, 0) is 10.2 Å². The van der Waals surface area contributed by atoms with E-state index >= 15 is 0 Å². The van der Waals surface area contributed by atoms with Gasteiger partial charge in [0.25, 0.3) is 0 Å². The van der Waals surface area contributed by atoms with Gasteiger partial charge in [0.1, 0.15) is 12.1 Å². The van der Waals surface area contributed by atoms with E-state index in [0.717, 1.165) is 43.0 Å². The monoisotopic (exact) mass is 348 g/mol. The lowest BCUT2D eigenvalue weighted by Gasteiger charge is -2.45. The molecule has 5 rings (SSSR count). The zero-order valence-corrected chi connectivity index (χ0v) is 14.6. The topological polar surface area (TPSA) is 66.6 Å². The van der Waals surface area contributed by atoms with Crippen molar-refractivity contribution in [2.45, 2.75) is 24.3 Å². The summed E-state index contributed by atoms with van der Waals surface area (Å²) < 4.78 is 1.67. The van der Waals surface area contributed by atoms with E-state index in [1.54, 1.807) is 10.8 Å². The van der Waals surface area contributed by atoms with Crippen LogP contribution in [0.25, 0.3) is 5.65 Å². The first-order valence-electron chi connectivity index (χ1n) is 8.92. The van der Waals surface area contributed by atoms with Crippen LogP contribution in [-0.4, -0.2) is 56.8 Å². The molecule has 2 aliphatic rings. The fourth-order valence-corrected chi connectivity index (χ4v) is 3.79. The first-order valence-corrected chi connectivity index (χ1v) is 8.92. The maximum absolute atomic E-state index is 13.1. The van der Waals surface area contributed by atoms with E-state index in [4.69, 9.17) is 0 Å². The molecule has 1 aliphatic carbocycles. The number of likely N-dealkylation sites (N-methyl/N-ethyl adjacent to an activating group) is 1. The van der Waals surface area contributed by atoms with Gasteiger partial charge in [-0.15, -0.1) is 15.3 Å². The van der Waals surface area contributed by atoms with Crippen molar-refractivity contribution < 1.29 is 4.79 Å². The Labute approximate surface area is 151 Å². The van der Waals surface area contributed by atoms with Crippen molar-refractivity contribution in [3.05, 3.63) is 54.4 Å². The van der Waals surface area contributed by atoms with Gasteiger partial charge in [-0.3, -0.25) is 4.79 Å². The van der Waals surface area contributed by atoms with E-state index in [9.17, 15) is 4.79 Å². The van der Waals surface area contributed by atoms with E-state index < -0.39 is 0 Å². The number of amides is 1. The van der Waals surface area contributed by atoms with Gasteiger partial charge < -0.3 is 9.80 Å². The molecule has 0 atom stereocenters. The van der Waals surface area contributed by atoms with Gasteiger partial charge in [-0.1, -0.05) is 30.3 Å². The van der Waals surface area contributed by atoms with Crippen LogP contribution in [0.1, 0.15) is 18.4 Å². The molecule has 3 aromatic rings. The molecule has 132 valence electrons. The highest BCUT2D eigenvalue weighted by Crippen LogP contribution is 2.49. The molecule has 26 heavy (non-hydrogen) atoms. The third-order valence-corrected chi connectivity index (χ3v) is 5.69. The van der Waals surface area contributed by atoms with Gasteiger partial charge in [0.05, 0.1) is 11.5 Å². The minimum Gasteiger partial charge on any atom is -0.351 e. The van der Waals surface area contributed by atoms with E-state index in [1.165, 1.54) is 0 Å². The Balaban J connectivity index is 1.28. The standard InChI is InChI=1S/C19H20N6O/c1-23(18(26)19(9-10-19)14-5-3-2-4-6-14)15-11-24(12-15)17-8-7-16-21-20-13-25(16)22-17/h2-8,13,15H,9-12H2,1H3. The molecule has 1 aliphatic heterocycles. The average molecular weight is 348 g/mol. The van der Waals surface area contributed by atoms with Crippen molar-refractivity contribution in [3.63, 3.8) is 0 Å². The van der Waals surface area contributed by atoms with Crippen LogP contribution in [0, 0.1) is 0 Å². The van der Waals surface area contributed by atoms with Crippen molar-refractivity contribution in [3.8, 4) is 0 Å². The molecule has 1 saturated heterocycles. The van der Waals surface area contributed by atoms with Gasteiger partial charge in [0.2, 0.25) is 5.91 Å². The number of aromatic nitrogens is 4. The highest BCUT2D eigenvalue weighted by Gasteiger charge is 2.53. The second-order valence-electron chi connectivity index (χ2n) is 7.25. The largest absolute Gasteiger partial charge is 0.351 e. The lowest BCUT2D eigenvalue weighted by molar-refractivity contribution is -0.135. The van der Waals surface area contributed by atoms with E-state index in [2.05, 4.69) is 32.3 Å². The van der Waals surface area contributed by atoms with Gasteiger partial charge in [-0.05, 0) is 30.5 Å². The van der Waals surface area contributed by atoms with Crippen LogP contribution in [0.4, 0.5) is 5.82 Å². The Kier molecular flexibility index (Phi) is 3.25. The molecule has 1 amide bonds. The van der Waals surface area contributed by atoms with E-state index in [0.29, 0.717) is 0 Å². The predicted octanol–water partition coefficient (Wildman–Crippen LogP) is 1.50. The number of carbonyl (C=O) groups is 1. The SMILES string of the molecule is CN(C(=O)C1(c2ccccc2)CC1)C1CN(c2ccc3nncn3n2)C1. The Bertz CT molecular complexity index is 958. The smallest absolute Gasteiger partial charge is 0.233 e. The van der Waals surface area contributed by atoms with Crippen LogP contribution in [0.2, 0.25) is 0 Å². The molecule has 1 saturated carbocycles. The quantitative estimate of drug-likeness (QED) is 0.715. The van der Waals surface area contributed by atoms with Crippen LogP contribution in [0.5, 0.6) is 0 Å². The summed E-state index contributed by atoms with van der Waals surface area (Å²) in [5, 5.41) is 12.3. The average Bonchev–Trinajstić information content (AvgIpc) is 3.32. The molecule has 2 aromatic heterocycles. The second-order valence-corrected chi connectivity index (χ2v) is 7.25. The lowest BCUT2D eigenvalue weighted by Crippen LogP contribution is -2.61. The van der Waals surface area contributed by atoms with Crippen LogP contribution in [0.15, 0.2) is 48.8 Å². The summed E-state index contributed by atoms with van der Waals surface area (Å²) in [5.41, 5.74) is 1.58. The van der Waals surface area contributed by atoms with Crippen molar-refractivity contribution >= 4 is 17.4 Å². The molecule has 7 nitrogen and oxygen atoms in total. The predicted molar refractivity (Wildman–Crippen MR) is 96.9 cm³/mol. The summed E-state index contributed by atoms with van der Waals surface area (Å²) in [7, 11) is 1.93. The van der Waals surface area contributed by atoms with Gasteiger partial charge in [0, 0.05) is 20.1 Å². The third kappa shape index (κ3) is 2.27. The van der Waals surface area contributed by atoms with Gasteiger partial charge >= 0.3 is 0 Å². The number of anilines is 1. The van der Waals surface area contributed by atoms with Crippen molar-refractivity contribution in [2.24, 2.45) is 0 Å². The molecule has 0 N–H and O–H groups in total. The molecule has 0 radical (unpaired) electrons. The molecular formula is C19H20N6O. The number of benzene rings is 1. The van der Waals surface area contributed by atoms with Crippen LogP contribution in [0.3, 0.4) is 0 Å². The maximum atomic E-state index is 13.1. The summed E-state index contributed by atoms with van der Waals surface area (Å²) >= 11 is 0. The molecule has 3 heterocycles. The number of rotatable bonds is 4. The molecular weight excluding hydrogens is 328 g/mol. The molecule has 0 bridgehead atoms. The first-order chi connectivity index (χ1) is 12.7. The Morgan fingerprint density at radius 1 is 1.15 bits per heavy atom. The Morgan fingerprint density at radius 2 is 1.92 bits per heavy atom. The van der Waals surface area contributed by atoms with Crippen molar-refractivity contribution in [2.75, 3.05) is 25.0 Å². The summed E-state index contributed by atoms with van der Waals surface area (Å²) in [6, 6.07) is 14.3. The highest BCUT2D eigenvalue weighted by atomic mass is 16.2. The fourth-order valence-electron chi connectivity index (χ4n) is 3.79. The number of carbonyl (C=O) groups excluding carboxylic acids is 1. The highest BCUT2D eigenvalue weighted by molar-refractivity contribution is 5.91. The first kappa shape index (κ1) is 15.3. The molecule has 2 fully saturated rings. The summed E-state index contributed by atoms with van der Waals surface area (Å²) in [6.07, 6.45) is 3.49. The molecule has 1 aromatic carbocycles. The fraction of sp³-hybridized carbons (Fsp3) is 0.368. The van der Waals surface area contributed by atoms with E-state index in [-0.39, 0.29) is 17.4 Å². The molecule has 7 heteroatoms. The van der Waals surface area contributed by atoms with Crippen molar-refractivity contribution in [1.82, 2.24) is 24.7 Å². The zero-order chi connectivity index (χ0) is 17.7. The lowest BCUT2D eigenvalue weighted by atomic mass is 9.93. The zero-order valence-electron chi connectivity index (χ0n) is 14.6. The van der Waals surface area contributed by atoms with Crippen LogP contribution >= 0.6 is 0 Å². The minimum atomic E-state index is -0.296. The normalized spacial score (nSPS) is 18.6. The number of hydrogen-bond acceptors (Lipinski definition) is 5. The number of hydrogen-bond donors (Lipinski definition) is 0. The second kappa shape index (κ2) is 5.52. The Hall–Kier alpha value is -2.96. The third-order valence-electron chi connectivity index (χ3n) is 5.69. The van der Waals surface area contributed by atoms with E-state index in [1.807, 2.05) is 42.3 Å². The van der Waals surface area contributed by atoms with Crippen LogP contribution < -0.4 is 4.90 Å². The molecule has 0 spiro atoms. The number of nitrogens with zero attached hydrogens (tertiary/aromatic N) is 6. The van der Waals surface area contributed by atoms with Gasteiger partial charge in [-0.2, -0.15) is 4.52 Å². The maximum Gasteiger partial charge on any atom is 0.233 e. The molecule has 0 unspecified atom stereocenters. The Morgan fingerprint density at radius 3 is 2.65 bits per heavy atom. The summed E-state index contributed by atoms with van der Waals surface area (Å²) in [5.74, 6) is 1.13. The minimum absolute atomic E-state index is 0.224. The van der Waals surface area contributed by atoms with Crippen molar-refractivity contribution in [1.29, 1.82) is 0 Å². The van der Waals surface area contributed by atoms with Gasteiger partial charge in [0.15, 0.2) is 5.65 Å². The summed E-state index contributed by atoms with van der Waals surface area (Å²) in [4.78, 5) is 17.2. The number of fused-ring (bicyclic) bond motifs is 1. The van der Waals surface area contributed by atoms with Gasteiger partial charge in [-0.25, -0.2) is 0 Å². The summed E-state index contributed by atoms with van der Waals surface area (Å²) in [6.45, 7) is 1.60.